The van der Waals surface area contributed by atoms with E-state index in [1.54, 1.807) is 0 Å². The molecule has 0 aliphatic heterocycles. The lowest BCUT2D eigenvalue weighted by atomic mass is 10.0. The highest BCUT2D eigenvalue weighted by molar-refractivity contribution is 5.91. The molecule has 0 radical (unpaired) electrons. The molecule has 0 heterocycles. The quantitative estimate of drug-likeness (QED) is 0.493. The second-order valence-corrected chi connectivity index (χ2v) is 6.04. The highest BCUT2D eigenvalue weighted by atomic mass is 16.5. The molecule has 3 rings (SSSR count). The van der Waals surface area contributed by atoms with Crippen molar-refractivity contribution in [3.05, 3.63) is 101 Å². The lowest BCUT2D eigenvalue weighted by molar-refractivity contribution is 0.0733. The Balaban J connectivity index is 1.83. The fourth-order valence-corrected chi connectivity index (χ4v) is 2.82. The number of benzene rings is 3. The lowest BCUT2D eigenvalue weighted by Crippen LogP contribution is -2.10. The average molecular weight is 316 g/mol. The number of hydrogen-bond acceptors (Lipinski definition) is 2. The third-order valence-electron chi connectivity index (χ3n) is 3.87. The summed E-state index contributed by atoms with van der Waals surface area (Å²) in [5, 5.41) is 0. The Hall–Kier alpha value is -2.87. The van der Waals surface area contributed by atoms with Crippen LogP contribution in [0.4, 0.5) is 0 Å². The van der Waals surface area contributed by atoms with Gasteiger partial charge in [0.15, 0.2) is 0 Å². The molecule has 0 bridgehead atoms. The number of aryl methyl sites for hydroxylation is 2. The van der Waals surface area contributed by atoms with Gasteiger partial charge in [-0.3, -0.25) is 0 Å². The largest absolute Gasteiger partial charge is 0.423 e. The average Bonchev–Trinajstić information content (AvgIpc) is 2.56. The third kappa shape index (κ3) is 3.90. The maximum absolute atomic E-state index is 12.5. The van der Waals surface area contributed by atoms with E-state index in [0.717, 1.165) is 23.1 Å². The second kappa shape index (κ2) is 7.14. The van der Waals surface area contributed by atoms with E-state index in [2.05, 4.69) is 12.1 Å². The molecule has 0 fully saturated rings. The summed E-state index contributed by atoms with van der Waals surface area (Å²) in [7, 11) is 0. The van der Waals surface area contributed by atoms with Gasteiger partial charge >= 0.3 is 5.97 Å². The molecular formula is C22H20O2. The maximum Gasteiger partial charge on any atom is 0.343 e. The zero-order valence-electron chi connectivity index (χ0n) is 14.0. The Kier molecular flexibility index (Phi) is 4.76. The van der Waals surface area contributed by atoms with Crippen LogP contribution >= 0.6 is 0 Å². The predicted molar refractivity (Wildman–Crippen MR) is 96.6 cm³/mol. The van der Waals surface area contributed by atoms with E-state index in [0.29, 0.717) is 11.3 Å². The number of carbonyl (C=O) groups excluding carboxylic acids is 1. The van der Waals surface area contributed by atoms with Crippen molar-refractivity contribution < 1.29 is 9.53 Å². The van der Waals surface area contributed by atoms with Crippen molar-refractivity contribution in [2.75, 3.05) is 0 Å². The number of para-hydroxylation sites is 1. The zero-order chi connectivity index (χ0) is 16.9. The summed E-state index contributed by atoms with van der Waals surface area (Å²) in [6, 6.07) is 23.6. The predicted octanol–water partition coefficient (Wildman–Crippen LogP) is 5.11. The van der Waals surface area contributed by atoms with Crippen molar-refractivity contribution in [2.45, 2.75) is 20.3 Å². The van der Waals surface area contributed by atoms with Gasteiger partial charge in [0.1, 0.15) is 5.75 Å². The number of rotatable bonds is 4. The van der Waals surface area contributed by atoms with Crippen LogP contribution in [0.25, 0.3) is 0 Å². The molecule has 0 unspecified atom stereocenters. The highest BCUT2D eigenvalue weighted by Crippen LogP contribution is 2.23. The zero-order valence-corrected chi connectivity index (χ0v) is 14.0. The number of ether oxygens (including phenoxy) is 1. The molecule has 3 aromatic rings. The van der Waals surface area contributed by atoms with Gasteiger partial charge in [0.2, 0.25) is 0 Å². The number of esters is 1. The van der Waals surface area contributed by atoms with Gasteiger partial charge in [0.25, 0.3) is 0 Å². The van der Waals surface area contributed by atoms with Crippen molar-refractivity contribution in [1.29, 1.82) is 0 Å². The molecular weight excluding hydrogens is 296 g/mol. The molecule has 0 amide bonds. The Morgan fingerprint density at radius 3 is 2.17 bits per heavy atom. The first-order valence-corrected chi connectivity index (χ1v) is 8.04. The highest BCUT2D eigenvalue weighted by Gasteiger charge is 2.12. The maximum atomic E-state index is 12.5. The van der Waals surface area contributed by atoms with Crippen LogP contribution in [0.15, 0.2) is 72.8 Å². The van der Waals surface area contributed by atoms with Crippen LogP contribution in [0.1, 0.15) is 32.6 Å². The van der Waals surface area contributed by atoms with Gasteiger partial charge in [-0.15, -0.1) is 0 Å². The van der Waals surface area contributed by atoms with Crippen LogP contribution < -0.4 is 4.74 Å². The minimum atomic E-state index is -0.317. The SMILES string of the molecule is Cc1cc(C)cc(C(=O)Oc2ccccc2Cc2ccccc2)c1. The molecule has 3 aromatic carbocycles. The van der Waals surface area contributed by atoms with E-state index in [9.17, 15) is 4.79 Å². The first kappa shape index (κ1) is 16.0. The molecule has 0 aliphatic carbocycles. The second-order valence-electron chi connectivity index (χ2n) is 6.04. The molecule has 0 N–H and O–H groups in total. The van der Waals surface area contributed by atoms with E-state index in [1.165, 1.54) is 5.56 Å². The fourth-order valence-electron chi connectivity index (χ4n) is 2.82. The summed E-state index contributed by atoms with van der Waals surface area (Å²) in [5.74, 6) is 0.299. The third-order valence-corrected chi connectivity index (χ3v) is 3.87. The molecule has 0 saturated carbocycles. The first-order chi connectivity index (χ1) is 11.6. The molecule has 0 aromatic heterocycles. The summed E-state index contributed by atoms with van der Waals surface area (Å²) in [6.07, 6.45) is 0.733. The minimum Gasteiger partial charge on any atom is -0.423 e. The topological polar surface area (TPSA) is 26.3 Å². The van der Waals surface area contributed by atoms with Crippen LogP contribution in [0.5, 0.6) is 5.75 Å². The van der Waals surface area contributed by atoms with Gasteiger partial charge < -0.3 is 4.74 Å². The molecule has 0 atom stereocenters. The van der Waals surface area contributed by atoms with Gasteiger partial charge in [0.05, 0.1) is 5.56 Å². The summed E-state index contributed by atoms with van der Waals surface area (Å²) >= 11 is 0. The van der Waals surface area contributed by atoms with Gasteiger partial charge in [-0.05, 0) is 43.2 Å². The molecule has 0 spiro atoms. The first-order valence-electron chi connectivity index (χ1n) is 8.04. The van der Waals surface area contributed by atoms with Gasteiger partial charge in [-0.25, -0.2) is 4.79 Å². The van der Waals surface area contributed by atoms with Gasteiger partial charge in [-0.1, -0.05) is 65.7 Å². The summed E-state index contributed by atoms with van der Waals surface area (Å²) in [4.78, 5) is 12.5. The van der Waals surface area contributed by atoms with Gasteiger partial charge in [0, 0.05) is 6.42 Å². The molecule has 24 heavy (non-hydrogen) atoms. The Bertz CT molecular complexity index is 831. The van der Waals surface area contributed by atoms with Gasteiger partial charge in [-0.2, -0.15) is 0 Å². The Morgan fingerprint density at radius 1 is 0.833 bits per heavy atom. The smallest absolute Gasteiger partial charge is 0.343 e. The van der Waals surface area contributed by atoms with Crippen molar-refractivity contribution in [3.63, 3.8) is 0 Å². The van der Waals surface area contributed by atoms with Crippen LogP contribution in [0.3, 0.4) is 0 Å². The molecule has 0 saturated heterocycles. The molecule has 0 aliphatic rings. The van der Waals surface area contributed by atoms with E-state index in [1.807, 2.05) is 74.5 Å². The standard InChI is InChI=1S/C22H20O2/c1-16-12-17(2)14-20(13-16)22(23)24-21-11-7-6-10-19(21)15-18-8-4-3-5-9-18/h3-14H,15H2,1-2H3. The van der Waals surface area contributed by atoms with E-state index >= 15 is 0 Å². The number of hydrogen-bond donors (Lipinski definition) is 0. The van der Waals surface area contributed by atoms with Crippen molar-refractivity contribution in [1.82, 2.24) is 0 Å². The Morgan fingerprint density at radius 2 is 1.46 bits per heavy atom. The summed E-state index contributed by atoms with van der Waals surface area (Å²) < 4.78 is 5.67. The number of carbonyl (C=O) groups is 1. The van der Waals surface area contributed by atoms with Crippen molar-refractivity contribution in [2.24, 2.45) is 0 Å². The van der Waals surface area contributed by atoms with Crippen LogP contribution in [-0.4, -0.2) is 5.97 Å². The van der Waals surface area contributed by atoms with Crippen LogP contribution in [0, 0.1) is 13.8 Å². The van der Waals surface area contributed by atoms with E-state index in [-0.39, 0.29) is 5.97 Å². The fraction of sp³-hybridized carbons (Fsp3) is 0.136. The van der Waals surface area contributed by atoms with E-state index < -0.39 is 0 Å². The van der Waals surface area contributed by atoms with Crippen molar-refractivity contribution in [3.8, 4) is 5.75 Å². The van der Waals surface area contributed by atoms with Crippen LogP contribution in [-0.2, 0) is 6.42 Å². The summed E-state index contributed by atoms with van der Waals surface area (Å²) in [6.45, 7) is 3.96. The monoisotopic (exact) mass is 316 g/mol. The minimum absolute atomic E-state index is 0.317. The molecule has 2 heteroatoms. The van der Waals surface area contributed by atoms with E-state index in [4.69, 9.17) is 4.74 Å². The lowest BCUT2D eigenvalue weighted by Gasteiger charge is -2.11. The Labute approximate surface area is 142 Å². The van der Waals surface area contributed by atoms with Crippen LogP contribution in [0.2, 0.25) is 0 Å². The molecule has 2 nitrogen and oxygen atoms in total. The van der Waals surface area contributed by atoms with Crippen molar-refractivity contribution >= 4 is 5.97 Å². The molecule has 120 valence electrons. The normalized spacial score (nSPS) is 10.4. The summed E-state index contributed by atoms with van der Waals surface area (Å²) in [5.41, 5.74) is 4.88.